The van der Waals surface area contributed by atoms with Crippen LogP contribution in [0.2, 0.25) is 5.02 Å². The van der Waals surface area contributed by atoms with Gasteiger partial charge in [0.2, 0.25) is 15.9 Å². The average Bonchev–Trinajstić information content (AvgIpc) is 2.80. The van der Waals surface area contributed by atoms with E-state index >= 15 is 0 Å². The molecule has 0 heterocycles. The second-order valence-corrected chi connectivity index (χ2v) is 9.80. The predicted octanol–water partition coefficient (Wildman–Crippen LogP) is 4.15. The van der Waals surface area contributed by atoms with E-state index in [0.29, 0.717) is 10.6 Å². The monoisotopic (exact) mass is 486 g/mol. The van der Waals surface area contributed by atoms with Crippen LogP contribution in [0.3, 0.4) is 0 Å². The first-order chi connectivity index (χ1) is 15.6. The standard InChI is InChI=1S/C24H23ClN2O5S/c1-16-9-12-21(32-3)22(13-16)33(30,31)27(2)15-23(28)26-20-11-10-18(25)14-19(20)24(29)17-7-5-4-6-8-17/h4-14H,15H2,1-3H3,(H,26,28). The maximum absolute atomic E-state index is 13.1. The van der Waals surface area contributed by atoms with E-state index in [9.17, 15) is 18.0 Å². The number of anilines is 1. The van der Waals surface area contributed by atoms with Crippen LogP contribution < -0.4 is 10.1 Å². The van der Waals surface area contributed by atoms with Gasteiger partial charge >= 0.3 is 0 Å². The first-order valence-corrected chi connectivity index (χ1v) is 11.8. The number of likely N-dealkylation sites (N-methyl/N-ethyl adjacent to an activating group) is 1. The van der Waals surface area contributed by atoms with Crippen LogP contribution in [-0.4, -0.2) is 45.1 Å². The number of carbonyl (C=O) groups is 2. The third kappa shape index (κ3) is 5.60. The molecule has 0 fully saturated rings. The highest BCUT2D eigenvalue weighted by molar-refractivity contribution is 7.89. The molecule has 0 radical (unpaired) electrons. The molecule has 3 aromatic rings. The van der Waals surface area contributed by atoms with E-state index in [1.165, 1.54) is 38.4 Å². The quantitative estimate of drug-likeness (QED) is 0.483. The van der Waals surface area contributed by atoms with Gasteiger partial charge in [-0.1, -0.05) is 48.0 Å². The Hall–Kier alpha value is -3.20. The minimum absolute atomic E-state index is 0.0354. The molecule has 0 saturated carbocycles. The van der Waals surface area contributed by atoms with E-state index in [0.717, 1.165) is 9.87 Å². The van der Waals surface area contributed by atoms with Crippen molar-refractivity contribution in [1.82, 2.24) is 4.31 Å². The van der Waals surface area contributed by atoms with Crippen molar-refractivity contribution in [1.29, 1.82) is 0 Å². The minimum atomic E-state index is -4.01. The molecule has 0 aliphatic rings. The molecule has 0 bridgehead atoms. The summed E-state index contributed by atoms with van der Waals surface area (Å²) in [5, 5.41) is 2.96. The van der Waals surface area contributed by atoms with Crippen LogP contribution in [0.15, 0.2) is 71.6 Å². The lowest BCUT2D eigenvalue weighted by Gasteiger charge is -2.19. The molecular weight excluding hydrogens is 464 g/mol. The van der Waals surface area contributed by atoms with E-state index in [-0.39, 0.29) is 27.7 Å². The topological polar surface area (TPSA) is 92.8 Å². The molecule has 1 N–H and O–H groups in total. The maximum atomic E-state index is 13.1. The largest absolute Gasteiger partial charge is 0.495 e. The van der Waals surface area contributed by atoms with Gasteiger partial charge < -0.3 is 10.1 Å². The van der Waals surface area contributed by atoms with Crippen molar-refractivity contribution in [2.45, 2.75) is 11.8 Å². The zero-order chi connectivity index (χ0) is 24.2. The Morgan fingerprint density at radius 3 is 2.39 bits per heavy atom. The summed E-state index contributed by atoms with van der Waals surface area (Å²) < 4.78 is 32.2. The lowest BCUT2D eigenvalue weighted by atomic mass is 10.0. The van der Waals surface area contributed by atoms with E-state index in [1.54, 1.807) is 49.4 Å². The van der Waals surface area contributed by atoms with E-state index in [1.807, 2.05) is 0 Å². The summed E-state index contributed by atoms with van der Waals surface area (Å²) >= 11 is 6.07. The molecule has 3 rings (SSSR count). The number of amides is 1. The van der Waals surface area contributed by atoms with Crippen molar-refractivity contribution < 1.29 is 22.7 Å². The fourth-order valence-corrected chi connectivity index (χ4v) is 4.72. The van der Waals surface area contributed by atoms with Gasteiger partial charge in [0.15, 0.2) is 5.78 Å². The van der Waals surface area contributed by atoms with E-state index in [4.69, 9.17) is 16.3 Å². The molecule has 1 amide bonds. The van der Waals surface area contributed by atoms with Crippen LogP contribution in [0.1, 0.15) is 21.5 Å². The smallest absolute Gasteiger partial charge is 0.246 e. The van der Waals surface area contributed by atoms with Crippen molar-refractivity contribution in [2.24, 2.45) is 0 Å². The van der Waals surface area contributed by atoms with Gasteiger partial charge in [-0.3, -0.25) is 9.59 Å². The molecule has 0 saturated heterocycles. The summed E-state index contributed by atoms with van der Waals surface area (Å²) in [6, 6.07) is 17.9. The number of benzene rings is 3. The second kappa shape index (κ2) is 10.2. The lowest BCUT2D eigenvalue weighted by molar-refractivity contribution is -0.116. The number of halogens is 1. The number of rotatable bonds is 8. The van der Waals surface area contributed by atoms with E-state index < -0.39 is 22.5 Å². The summed E-state index contributed by atoms with van der Waals surface area (Å²) in [5.41, 5.74) is 1.60. The number of hydrogen-bond donors (Lipinski definition) is 1. The molecule has 3 aromatic carbocycles. The van der Waals surface area contributed by atoms with Crippen LogP contribution in [0.5, 0.6) is 5.75 Å². The zero-order valence-corrected chi connectivity index (χ0v) is 19.9. The molecule has 0 aromatic heterocycles. The molecule has 33 heavy (non-hydrogen) atoms. The van der Waals surface area contributed by atoms with Crippen molar-refractivity contribution in [2.75, 3.05) is 26.0 Å². The fourth-order valence-electron chi connectivity index (χ4n) is 3.19. The Labute approximate surface area is 198 Å². The number of ketones is 1. The fraction of sp³-hybridized carbons (Fsp3) is 0.167. The van der Waals surface area contributed by atoms with Crippen LogP contribution in [0, 0.1) is 6.92 Å². The van der Waals surface area contributed by atoms with Gasteiger partial charge in [-0.05, 0) is 42.8 Å². The highest BCUT2D eigenvalue weighted by atomic mass is 35.5. The third-order valence-corrected chi connectivity index (χ3v) is 6.97. The predicted molar refractivity (Wildman–Crippen MR) is 128 cm³/mol. The van der Waals surface area contributed by atoms with Crippen molar-refractivity contribution in [3.05, 3.63) is 88.4 Å². The number of nitrogens with one attached hydrogen (secondary N) is 1. The van der Waals surface area contributed by atoms with Crippen molar-refractivity contribution in [3.63, 3.8) is 0 Å². The van der Waals surface area contributed by atoms with Crippen molar-refractivity contribution >= 4 is 39.0 Å². The Kier molecular flexibility index (Phi) is 7.53. The van der Waals surface area contributed by atoms with Gasteiger partial charge in [0, 0.05) is 23.2 Å². The number of aryl methyl sites for hydroxylation is 1. The molecule has 172 valence electrons. The number of sulfonamides is 1. The van der Waals surface area contributed by atoms with Gasteiger partial charge in [0.25, 0.3) is 0 Å². The minimum Gasteiger partial charge on any atom is -0.495 e. The maximum Gasteiger partial charge on any atom is 0.246 e. The van der Waals surface area contributed by atoms with Crippen LogP contribution in [0.4, 0.5) is 5.69 Å². The van der Waals surface area contributed by atoms with Crippen LogP contribution in [-0.2, 0) is 14.8 Å². The molecule has 0 atom stereocenters. The Morgan fingerprint density at radius 1 is 1.03 bits per heavy atom. The summed E-state index contributed by atoms with van der Waals surface area (Å²) in [5.74, 6) is -0.752. The summed E-state index contributed by atoms with van der Waals surface area (Å²) in [6.45, 7) is 1.29. The molecule has 9 heteroatoms. The normalized spacial score (nSPS) is 11.3. The number of carbonyl (C=O) groups excluding carboxylic acids is 2. The summed E-state index contributed by atoms with van der Waals surface area (Å²) in [7, 11) is -1.33. The molecule has 0 unspecified atom stereocenters. The first kappa shape index (κ1) is 24.4. The Bertz CT molecular complexity index is 1290. The van der Waals surface area contributed by atoms with Crippen LogP contribution in [0.25, 0.3) is 0 Å². The first-order valence-electron chi connectivity index (χ1n) is 9.93. The molecule has 0 spiro atoms. The summed E-state index contributed by atoms with van der Waals surface area (Å²) in [6.07, 6.45) is 0. The number of nitrogens with zero attached hydrogens (tertiary/aromatic N) is 1. The molecular formula is C24H23ClN2O5S. The van der Waals surface area contributed by atoms with E-state index in [2.05, 4.69) is 5.32 Å². The van der Waals surface area contributed by atoms with Gasteiger partial charge in [-0.15, -0.1) is 0 Å². The molecule has 7 nitrogen and oxygen atoms in total. The van der Waals surface area contributed by atoms with Crippen LogP contribution >= 0.6 is 11.6 Å². The molecule has 0 aliphatic carbocycles. The van der Waals surface area contributed by atoms with Crippen molar-refractivity contribution in [3.8, 4) is 5.75 Å². The number of ether oxygens (including phenoxy) is 1. The molecule has 0 aliphatic heterocycles. The van der Waals surface area contributed by atoms with Gasteiger partial charge in [-0.25, -0.2) is 8.42 Å². The zero-order valence-electron chi connectivity index (χ0n) is 18.3. The Balaban J connectivity index is 1.83. The third-order valence-electron chi connectivity index (χ3n) is 4.91. The number of hydrogen-bond acceptors (Lipinski definition) is 5. The highest BCUT2D eigenvalue weighted by Crippen LogP contribution is 2.28. The number of methoxy groups -OCH3 is 1. The van der Waals surface area contributed by atoms with Gasteiger partial charge in [0.05, 0.1) is 19.3 Å². The average molecular weight is 487 g/mol. The second-order valence-electron chi connectivity index (χ2n) is 7.35. The summed E-state index contributed by atoms with van der Waals surface area (Å²) in [4.78, 5) is 25.6. The Morgan fingerprint density at radius 2 is 1.73 bits per heavy atom. The highest BCUT2D eigenvalue weighted by Gasteiger charge is 2.27. The van der Waals surface area contributed by atoms with Gasteiger partial charge in [-0.2, -0.15) is 4.31 Å². The van der Waals surface area contributed by atoms with Gasteiger partial charge in [0.1, 0.15) is 10.6 Å². The lowest BCUT2D eigenvalue weighted by Crippen LogP contribution is -2.35. The SMILES string of the molecule is COc1ccc(C)cc1S(=O)(=O)N(C)CC(=O)Nc1ccc(Cl)cc1C(=O)c1ccccc1.